The summed E-state index contributed by atoms with van der Waals surface area (Å²) in [4.78, 5) is 26.1. The number of halogens is 1. The monoisotopic (exact) mass is 363 g/mol. The van der Waals surface area contributed by atoms with E-state index >= 15 is 0 Å². The number of nitrogen functional groups attached to an aromatic ring is 2. The van der Waals surface area contributed by atoms with Crippen molar-refractivity contribution in [3.63, 3.8) is 0 Å². The Kier molecular flexibility index (Phi) is 4.29. The lowest BCUT2D eigenvalue weighted by molar-refractivity contribution is 0.0292. The van der Waals surface area contributed by atoms with Crippen molar-refractivity contribution in [3.05, 3.63) is 33.9 Å². The van der Waals surface area contributed by atoms with Crippen molar-refractivity contribution in [2.45, 2.75) is 38.7 Å². The van der Waals surface area contributed by atoms with Gasteiger partial charge in [0, 0.05) is 25.1 Å². The fourth-order valence-corrected chi connectivity index (χ4v) is 3.00. The minimum absolute atomic E-state index is 0.0416. The fourth-order valence-electron chi connectivity index (χ4n) is 3.00. The standard InChI is InChI=1S/C18H22FN3O4/c1-18(2,3)26-17(24)22-5-4-9(8-22)13-7-12(23)10-6-11(19)14(20)15(21)16(10)25-13/h6-7,9H,4-5,8,20-21H2,1-3H3. The predicted molar refractivity (Wildman–Crippen MR) is 96.4 cm³/mol. The van der Waals surface area contributed by atoms with E-state index < -0.39 is 22.9 Å². The molecule has 1 saturated heterocycles. The second-order valence-corrected chi connectivity index (χ2v) is 7.49. The van der Waals surface area contributed by atoms with Gasteiger partial charge in [-0.1, -0.05) is 0 Å². The van der Waals surface area contributed by atoms with Crippen LogP contribution in [-0.4, -0.2) is 29.7 Å². The van der Waals surface area contributed by atoms with E-state index in [0.717, 1.165) is 6.07 Å². The second kappa shape index (κ2) is 6.19. The van der Waals surface area contributed by atoms with Crippen LogP contribution in [0.4, 0.5) is 20.6 Å². The van der Waals surface area contributed by atoms with Crippen molar-refractivity contribution in [1.82, 2.24) is 4.90 Å². The van der Waals surface area contributed by atoms with Crippen LogP contribution in [0, 0.1) is 5.82 Å². The molecule has 1 fully saturated rings. The molecule has 8 heteroatoms. The molecule has 0 aliphatic carbocycles. The van der Waals surface area contributed by atoms with E-state index in [2.05, 4.69) is 0 Å². The van der Waals surface area contributed by atoms with Gasteiger partial charge in [0.2, 0.25) is 0 Å². The van der Waals surface area contributed by atoms with Crippen LogP contribution in [0.5, 0.6) is 0 Å². The minimum atomic E-state index is -0.757. The summed E-state index contributed by atoms with van der Waals surface area (Å²) in [5.41, 5.74) is 10.2. The highest BCUT2D eigenvalue weighted by atomic mass is 19.1. The van der Waals surface area contributed by atoms with Gasteiger partial charge >= 0.3 is 6.09 Å². The molecule has 1 atom stereocenters. The van der Waals surface area contributed by atoms with Crippen molar-refractivity contribution in [1.29, 1.82) is 0 Å². The quantitative estimate of drug-likeness (QED) is 0.754. The van der Waals surface area contributed by atoms with Gasteiger partial charge < -0.3 is 25.5 Å². The number of hydrogen-bond acceptors (Lipinski definition) is 6. The largest absolute Gasteiger partial charge is 0.458 e. The number of nitrogens with two attached hydrogens (primary N) is 2. The van der Waals surface area contributed by atoms with Crippen LogP contribution in [0.1, 0.15) is 38.9 Å². The highest BCUT2D eigenvalue weighted by Crippen LogP contribution is 2.33. The van der Waals surface area contributed by atoms with Crippen molar-refractivity contribution >= 4 is 28.4 Å². The summed E-state index contributed by atoms with van der Waals surface area (Å²) in [5.74, 6) is -0.538. The van der Waals surface area contributed by atoms with Gasteiger partial charge in [-0.15, -0.1) is 0 Å². The molecular weight excluding hydrogens is 341 g/mol. The van der Waals surface area contributed by atoms with Crippen LogP contribution in [0.2, 0.25) is 0 Å². The SMILES string of the molecule is CC(C)(C)OC(=O)N1CCC(c2cc(=O)c3cc(F)c(N)c(N)c3o2)C1. The molecule has 4 N–H and O–H groups in total. The van der Waals surface area contributed by atoms with Crippen LogP contribution in [-0.2, 0) is 4.74 Å². The molecule has 2 aromatic rings. The number of anilines is 2. The topological polar surface area (TPSA) is 112 Å². The normalized spacial score (nSPS) is 17.7. The Balaban J connectivity index is 1.90. The molecule has 0 radical (unpaired) electrons. The number of fused-ring (bicyclic) bond motifs is 1. The molecule has 1 aromatic heterocycles. The first-order chi connectivity index (χ1) is 12.1. The van der Waals surface area contributed by atoms with Crippen molar-refractivity contribution in [2.24, 2.45) is 0 Å². The number of rotatable bonds is 1. The Morgan fingerprint density at radius 3 is 2.65 bits per heavy atom. The zero-order chi connectivity index (χ0) is 19.2. The summed E-state index contributed by atoms with van der Waals surface area (Å²) in [7, 11) is 0. The molecule has 140 valence electrons. The molecular formula is C18H22FN3O4. The molecule has 1 unspecified atom stereocenters. The first kappa shape index (κ1) is 18.0. The van der Waals surface area contributed by atoms with E-state index in [1.165, 1.54) is 6.07 Å². The van der Waals surface area contributed by atoms with E-state index in [4.69, 9.17) is 20.6 Å². The van der Waals surface area contributed by atoms with E-state index in [1.54, 1.807) is 25.7 Å². The third kappa shape index (κ3) is 3.31. The summed E-state index contributed by atoms with van der Waals surface area (Å²) in [6.07, 6.45) is 0.207. The zero-order valence-corrected chi connectivity index (χ0v) is 15.0. The van der Waals surface area contributed by atoms with Gasteiger partial charge in [0.1, 0.15) is 22.9 Å². The van der Waals surface area contributed by atoms with E-state index in [-0.39, 0.29) is 28.3 Å². The molecule has 1 aliphatic heterocycles. The van der Waals surface area contributed by atoms with Crippen LogP contribution in [0.15, 0.2) is 21.3 Å². The molecule has 1 amide bonds. The van der Waals surface area contributed by atoms with Gasteiger partial charge in [0.15, 0.2) is 11.0 Å². The summed E-state index contributed by atoms with van der Waals surface area (Å²) in [5, 5.41) is 0.0416. The van der Waals surface area contributed by atoms with E-state index in [9.17, 15) is 14.0 Å². The molecule has 7 nitrogen and oxygen atoms in total. The number of nitrogens with zero attached hydrogens (tertiary/aromatic N) is 1. The number of benzene rings is 1. The molecule has 0 bridgehead atoms. The summed E-state index contributed by atoms with van der Waals surface area (Å²) < 4.78 is 24.9. The van der Waals surface area contributed by atoms with Gasteiger partial charge in [-0.05, 0) is 33.3 Å². The lowest BCUT2D eigenvalue weighted by Gasteiger charge is -2.24. The van der Waals surface area contributed by atoms with Crippen molar-refractivity contribution in [3.8, 4) is 0 Å². The van der Waals surface area contributed by atoms with Crippen LogP contribution in [0.3, 0.4) is 0 Å². The third-order valence-corrected chi connectivity index (χ3v) is 4.31. The van der Waals surface area contributed by atoms with Gasteiger partial charge in [-0.2, -0.15) is 0 Å². The smallest absolute Gasteiger partial charge is 0.410 e. The number of hydrogen-bond donors (Lipinski definition) is 2. The summed E-state index contributed by atoms with van der Waals surface area (Å²) in [6.45, 7) is 6.25. The van der Waals surface area contributed by atoms with Gasteiger partial charge in [-0.3, -0.25) is 4.79 Å². The zero-order valence-electron chi connectivity index (χ0n) is 15.0. The van der Waals surface area contributed by atoms with Crippen LogP contribution >= 0.6 is 0 Å². The van der Waals surface area contributed by atoms with E-state index in [0.29, 0.717) is 25.3 Å². The van der Waals surface area contributed by atoms with Gasteiger partial charge in [0.05, 0.1) is 11.1 Å². The summed E-state index contributed by atoms with van der Waals surface area (Å²) >= 11 is 0. The average Bonchev–Trinajstić information content (AvgIpc) is 3.02. The number of carbonyl (C=O) groups excluding carboxylic acids is 1. The lowest BCUT2D eigenvalue weighted by Crippen LogP contribution is -2.35. The fraction of sp³-hybridized carbons (Fsp3) is 0.444. The average molecular weight is 363 g/mol. The van der Waals surface area contributed by atoms with Crippen LogP contribution < -0.4 is 16.9 Å². The highest BCUT2D eigenvalue weighted by molar-refractivity contribution is 5.94. The molecule has 1 aromatic carbocycles. The Bertz CT molecular complexity index is 933. The summed E-state index contributed by atoms with van der Waals surface area (Å²) in [6, 6.07) is 2.35. The number of carbonyl (C=O) groups is 1. The van der Waals surface area contributed by atoms with Crippen molar-refractivity contribution < 1.29 is 18.3 Å². The Labute approximate surface area is 149 Å². The lowest BCUT2D eigenvalue weighted by atomic mass is 10.0. The number of ether oxygens (including phenoxy) is 1. The highest BCUT2D eigenvalue weighted by Gasteiger charge is 2.32. The first-order valence-corrected chi connectivity index (χ1v) is 8.36. The molecule has 0 spiro atoms. The molecule has 2 heterocycles. The van der Waals surface area contributed by atoms with Crippen molar-refractivity contribution in [2.75, 3.05) is 24.6 Å². The maximum Gasteiger partial charge on any atom is 0.410 e. The maximum atomic E-state index is 13.7. The first-order valence-electron chi connectivity index (χ1n) is 8.36. The number of likely N-dealkylation sites (tertiary alicyclic amines) is 1. The Hall–Kier alpha value is -2.77. The third-order valence-electron chi connectivity index (χ3n) is 4.31. The van der Waals surface area contributed by atoms with Gasteiger partial charge in [-0.25, -0.2) is 9.18 Å². The number of amides is 1. The Morgan fingerprint density at radius 2 is 2.00 bits per heavy atom. The maximum absolute atomic E-state index is 13.7. The minimum Gasteiger partial charge on any atom is -0.458 e. The molecule has 1 aliphatic rings. The Morgan fingerprint density at radius 1 is 1.31 bits per heavy atom. The second-order valence-electron chi connectivity index (χ2n) is 7.49. The molecule has 26 heavy (non-hydrogen) atoms. The molecule has 3 rings (SSSR count). The predicted octanol–water partition coefficient (Wildman–Crippen LogP) is 2.82. The molecule has 0 saturated carbocycles. The van der Waals surface area contributed by atoms with E-state index in [1.807, 2.05) is 0 Å². The van der Waals surface area contributed by atoms with Gasteiger partial charge in [0.25, 0.3) is 0 Å². The van der Waals surface area contributed by atoms with Crippen LogP contribution in [0.25, 0.3) is 11.0 Å².